The van der Waals surface area contributed by atoms with Crippen LogP contribution in [0.3, 0.4) is 0 Å². The summed E-state index contributed by atoms with van der Waals surface area (Å²) in [6.45, 7) is 4.30. The molecule has 72 valence electrons. The molecule has 1 aromatic rings. The van der Waals surface area contributed by atoms with Crippen LogP contribution in [-0.4, -0.2) is 11.7 Å². The number of hydrogen-bond acceptors (Lipinski definition) is 3. The van der Waals surface area contributed by atoms with Gasteiger partial charge in [-0.25, -0.2) is 5.90 Å². The Kier molecular flexibility index (Phi) is 3.28. The molecule has 0 saturated carbocycles. The van der Waals surface area contributed by atoms with Crippen molar-refractivity contribution in [1.82, 2.24) is 0 Å². The van der Waals surface area contributed by atoms with Crippen molar-refractivity contribution in [3.05, 3.63) is 28.8 Å². The Morgan fingerprint density at radius 3 is 2.69 bits per heavy atom. The fourth-order valence-corrected chi connectivity index (χ4v) is 1.23. The van der Waals surface area contributed by atoms with Crippen molar-refractivity contribution in [2.75, 3.05) is 6.61 Å². The monoisotopic (exact) mass is 181 g/mol. The first kappa shape index (κ1) is 10.0. The number of nitrogens with two attached hydrogens (primary N) is 1. The summed E-state index contributed by atoms with van der Waals surface area (Å²) < 4.78 is 0. The van der Waals surface area contributed by atoms with Gasteiger partial charge in [0.15, 0.2) is 0 Å². The van der Waals surface area contributed by atoms with E-state index in [2.05, 4.69) is 4.84 Å². The lowest BCUT2D eigenvalue weighted by Crippen LogP contribution is -2.04. The van der Waals surface area contributed by atoms with Crippen LogP contribution in [0.1, 0.15) is 16.7 Å². The van der Waals surface area contributed by atoms with Crippen LogP contribution >= 0.6 is 0 Å². The standard InChI is InChI=1S/C10H15NO2/c1-7-3-4-9(5-6-13-11)10(12)8(7)2/h3-4,12H,5-6,11H2,1-2H3. The Labute approximate surface area is 78.1 Å². The van der Waals surface area contributed by atoms with Crippen molar-refractivity contribution >= 4 is 0 Å². The van der Waals surface area contributed by atoms with E-state index in [-0.39, 0.29) is 0 Å². The van der Waals surface area contributed by atoms with Gasteiger partial charge in [0.1, 0.15) is 5.75 Å². The molecule has 0 saturated heterocycles. The molecule has 0 aromatic heterocycles. The molecule has 0 aliphatic carbocycles. The topological polar surface area (TPSA) is 55.5 Å². The fraction of sp³-hybridized carbons (Fsp3) is 0.400. The lowest BCUT2D eigenvalue weighted by Gasteiger charge is -2.08. The van der Waals surface area contributed by atoms with E-state index in [1.807, 2.05) is 26.0 Å². The molecule has 13 heavy (non-hydrogen) atoms. The van der Waals surface area contributed by atoms with Crippen LogP contribution in [0, 0.1) is 13.8 Å². The molecule has 0 aliphatic heterocycles. The summed E-state index contributed by atoms with van der Waals surface area (Å²) in [7, 11) is 0. The fourth-order valence-electron chi connectivity index (χ4n) is 1.23. The maximum atomic E-state index is 9.71. The summed E-state index contributed by atoms with van der Waals surface area (Å²) in [5, 5.41) is 9.71. The number of rotatable bonds is 3. The quantitative estimate of drug-likeness (QED) is 0.694. The Bertz CT molecular complexity index is 297. The highest BCUT2D eigenvalue weighted by Gasteiger charge is 2.05. The second kappa shape index (κ2) is 4.25. The Hall–Kier alpha value is -1.06. The second-order valence-electron chi connectivity index (χ2n) is 3.14. The van der Waals surface area contributed by atoms with E-state index in [1.165, 1.54) is 0 Å². The number of phenolic OH excluding ortho intramolecular Hbond substituents is 1. The molecule has 1 aromatic carbocycles. The van der Waals surface area contributed by atoms with Gasteiger partial charge in [0.25, 0.3) is 0 Å². The molecule has 0 fully saturated rings. The van der Waals surface area contributed by atoms with Crippen molar-refractivity contribution in [1.29, 1.82) is 0 Å². The molecule has 0 radical (unpaired) electrons. The van der Waals surface area contributed by atoms with Gasteiger partial charge < -0.3 is 9.94 Å². The first-order valence-corrected chi connectivity index (χ1v) is 4.26. The van der Waals surface area contributed by atoms with E-state index in [0.29, 0.717) is 18.8 Å². The second-order valence-corrected chi connectivity index (χ2v) is 3.14. The molecular formula is C10H15NO2. The lowest BCUT2D eigenvalue weighted by atomic mass is 10.0. The summed E-state index contributed by atoms with van der Waals surface area (Å²) in [6.07, 6.45) is 0.642. The zero-order chi connectivity index (χ0) is 9.84. The molecule has 0 unspecified atom stereocenters. The van der Waals surface area contributed by atoms with Gasteiger partial charge in [-0.2, -0.15) is 0 Å². The predicted molar refractivity (Wildman–Crippen MR) is 51.4 cm³/mol. The van der Waals surface area contributed by atoms with Crippen molar-refractivity contribution in [2.45, 2.75) is 20.3 Å². The smallest absolute Gasteiger partial charge is 0.122 e. The van der Waals surface area contributed by atoms with Crippen molar-refractivity contribution in [3.63, 3.8) is 0 Å². The number of benzene rings is 1. The Morgan fingerprint density at radius 1 is 1.38 bits per heavy atom. The largest absolute Gasteiger partial charge is 0.507 e. The van der Waals surface area contributed by atoms with E-state index in [1.54, 1.807) is 0 Å². The molecule has 0 bridgehead atoms. The Morgan fingerprint density at radius 2 is 2.08 bits per heavy atom. The highest BCUT2D eigenvalue weighted by atomic mass is 16.6. The average molecular weight is 181 g/mol. The van der Waals surface area contributed by atoms with Gasteiger partial charge in [0, 0.05) is 6.42 Å². The third-order valence-electron chi connectivity index (χ3n) is 2.27. The van der Waals surface area contributed by atoms with E-state index < -0.39 is 0 Å². The number of aryl methyl sites for hydroxylation is 1. The summed E-state index contributed by atoms with van der Waals surface area (Å²) in [5.41, 5.74) is 2.90. The molecule has 3 N–H and O–H groups in total. The summed E-state index contributed by atoms with van der Waals surface area (Å²) in [5.74, 6) is 5.27. The zero-order valence-corrected chi connectivity index (χ0v) is 8.00. The molecule has 0 atom stereocenters. The molecule has 3 nitrogen and oxygen atoms in total. The van der Waals surface area contributed by atoms with Gasteiger partial charge in [-0.1, -0.05) is 12.1 Å². The molecular weight excluding hydrogens is 166 g/mol. The summed E-state index contributed by atoms with van der Waals surface area (Å²) in [4.78, 5) is 4.46. The molecule has 3 heteroatoms. The molecule has 0 spiro atoms. The van der Waals surface area contributed by atoms with Crippen LogP contribution in [0.25, 0.3) is 0 Å². The first-order valence-electron chi connectivity index (χ1n) is 4.26. The van der Waals surface area contributed by atoms with Crippen molar-refractivity contribution < 1.29 is 9.94 Å². The van der Waals surface area contributed by atoms with Gasteiger partial charge >= 0.3 is 0 Å². The van der Waals surface area contributed by atoms with Gasteiger partial charge in [0.2, 0.25) is 0 Å². The first-order chi connectivity index (χ1) is 6.16. The van der Waals surface area contributed by atoms with Crippen LogP contribution in [0.2, 0.25) is 0 Å². The van der Waals surface area contributed by atoms with Gasteiger partial charge in [-0.15, -0.1) is 0 Å². The number of phenols is 1. The van der Waals surface area contributed by atoms with Crippen LogP contribution < -0.4 is 5.90 Å². The predicted octanol–water partition coefficient (Wildman–Crippen LogP) is 1.44. The molecule has 0 aliphatic rings. The average Bonchev–Trinajstić information content (AvgIpc) is 2.13. The van der Waals surface area contributed by atoms with Crippen molar-refractivity contribution in [3.8, 4) is 5.75 Å². The van der Waals surface area contributed by atoms with Gasteiger partial charge in [-0.05, 0) is 30.5 Å². The summed E-state index contributed by atoms with van der Waals surface area (Å²) >= 11 is 0. The van der Waals surface area contributed by atoms with E-state index >= 15 is 0 Å². The van der Waals surface area contributed by atoms with Gasteiger partial charge in [-0.3, -0.25) is 0 Å². The molecule has 1 rings (SSSR count). The maximum absolute atomic E-state index is 9.71. The minimum absolute atomic E-state index is 0.358. The van der Waals surface area contributed by atoms with Crippen LogP contribution in [0.15, 0.2) is 12.1 Å². The van der Waals surface area contributed by atoms with Gasteiger partial charge in [0.05, 0.1) is 6.61 Å². The zero-order valence-electron chi connectivity index (χ0n) is 8.00. The summed E-state index contributed by atoms with van der Waals surface area (Å²) in [6, 6.07) is 3.89. The third kappa shape index (κ3) is 2.20. The number of aromatic hydroxyl groups is 1. The number of hydrogen-bond donors (Lipinski definition) is 2. The third-order valence-corrected chi connectivity index (χ3v) is 2.27. The SMILES string of the molecule is Cc1ccc(CCON)c(O)c1C. The highest BCUT2D eigenvalue weighted by Crippen LogP contribution is 2.24. The molecule has 0 heterocycles. The van der Waals surface area contributed by atoms with Crippen LogP contribution in [-0.2, 0) is 11.3 Å². The normalized spacial score (nSPS) is 10.4. The van der Waals surface area contributed by atoms with E-state index in [4.69, 9.17) is 5.90 Å². The lowest BCUT2D eigenvalue weighted by molar-refractivity contribution is 0.140. The molecule has 0 amide bonds. The minimum Gasteiger partial charge on any atom is -0.507 e. The van der Waals surface area contributed by atoms with Crippen LogP contribution in [0.5, 0.6) is 5.75 Å². The van der Waals surface area contributed by atoms with Crippen LogP contribution in [0.4, 0.5) is 0 Å². The van der Waals surface area contributed by atoms with E-state index in [9.17, 15) is 5.11 Å². The maximum Gasteiger partial charge on any atom is 0.122 e. The van der Waals surface area contributed by atoms with Crippen molar-refractivity contribution in [2.24, 2.45) is 5.90 Å². The highest BCUT2D eigenvalue weighted by molar-refractivity contribution is 5.44. The minimum atomic E-state index is 0.358. The van der Waals surface area contributed by atoms with E-state index in [0.717, 1.165) is 16.7 Å². The Balaban J connectivity index is 2.90.